The van der Waals surface area contributed by atoms with Crippen molar-refractivity contribution < 1.29 is 37.9 Å². The number of nitrogens with zero attached hydrogens (tertiary/aromatic N) is 1. The number of rotatable bonds is 17. The molecule has 2 atom stereocenters. The van der Waals surface area contributed by atoms with Gasteiger partial charge in [-0.2, -0.15) is 0 Å². The molecule has 12 heteroatoms. The molecule has 2 unspecified atom stereocenters. The Kier molecular flexibility index (Phi) is 14.6. The third-order valence-corrected chi connectivity index (χ3v) is 7.96. The van der Waals surface area contributed by atoms with Gasteiger partial charge in [-0.05, 0) is 42.2 Å². The monoisotopic (exact) mass is 626 g/mol. The van der Waals surface area contributed by atoms with Gasteiger partial charge in [-0.15, -0.1) is 0 Å². The molecule has 0 aromatic heterocycles. The molecule has 2 amide bonds. The summed E-state index contributed by atoms with van der Waals surface area (Å²) in [4.78, 5) is 58.1. The van der Waals surface area contributed by atoms with E-state index in [4.69, 9.17) is 26.1 Å². The fraction of sp³-hybridized carbons (Fsp3) is 0.500. The molecule has 2 aromatic rings. The molecular weight excluding hydrogens is 586 g/mol. The maximum absolute atomic E-state index is 14.3. The van der Waals surface area contributed by atoms with Crippen LogP contribution in [0.5, 0.6) is 0 Å². The fourth-order valence-corrected chi connectivity index (χ4v) is 4.99. The molecule has 42 heavy (non-hydrogen) atoms. The van der Waals surface area contributed by atoms with E-state index in [1.807, 2.05) is 13.8 Å². The lowest BCUT2D eigenvalue weighted by Gasteiger charge is -2.26. The Morgan fingerprint density at radius 1 is 1.05 bits per heavy atom. The smallest absolute Gasteiger partial charge is 0.326 e. The van der Waals surface area contributed by atoms with Crippen molar-refractivity contribution in [2.24, 2.45) is 0 Å². The molecule has 0 spiro atoms. The van der Waals surface area contributed by atoms with Crippen molar-refractivity contribution in [3.8, 4) is 11.1 Å². The zero-order valence-corrected chi connectivity index (χ0v) is 26.0. The molecule has 2 aromatic carbocycles. The van der Waals surface area contributed by atoms with Crippen LogP contribution in [0.15, 0.2) is 42.5 Å². The summed E-state index contributed by atoms with van der Waals surface area (Å²) in [5.41, 5.74) is 1.63. The third-order valence-electron chi connectivity index (χ3n) is 6.92. The second kappa shape index (κ2) is 17.4. The summed E-state index contributed by atoms with van der Waals surface area (Å²) >= 11 is 6.02. The van der Waals surface area contributed by atoms with E-state index in [2.05, 4.69) is 5.32 Å². The number of amides is 2. The predicted molar refractivity (Wildman–Crippen MR) is 161 cm³/mol. The largest absolute Gasteiger partial charge is 0.456 e. The molecule has 0 aliphatic rings. The Bertz CT molecular complexity index is 1230. The van der Waals surface area contributed by atoms with Gasteiger partial charge in [0.15, 0.2) is 6.61 Å². The van der Waals surface area contributed by atoms with Crippen molar-refractivity contribution in [1.29, 1.82) is 0 Å². The summed E-state index contributed by atoms with van der Waals surface area (Å²) < 4.78 is 30.9. The van der Waals surface area contributed by atoms with Crippen LogP contribution in [0.4, 0.5) is 4.39 Å². The quantitative estimate of drug-likeness (QED) is 0.152. The minimum absolute atomic E-state index is 0.273. The van der Waals surface area contributed by atoms with Gasteiger partial charge in [0, 0.05) is 42.1 Å². The number of benzene rings is 2. The molecule has 0 aliphatic heterocycles. The van der Waals surface area contributed by atoms with Crippen molar-refractivity contribution in [3.05, 3.63) is 58.9 Å². The van der Waals surface area contributed by atoms with Gasteiger partial charge in [0.05, 0.1) is 12.6 Å². The zero-order valence-electron chi connectivity index (χ0n) is 24.4. The molecular formula is C30H41ClFN2O7P. The van der Waals surface area contributed by atoms with E-state index in [1.54, 1.807) is 36.1 Å². The number of hydrogen-bond donors (Lipinski definition) is 3. The van der Waals surface area contributed by atoms with Crippen LogP contribution in [0.1, 0.15) is 70.8 Å². The van der Waals surface area contributed by atoms with Crippen LogP contribution >= 0.6 is 19.2 Å². The fourth-order valence-electron chi connectivity index (χ4n) is 4.33. The summed E-state index contributed by atoms with van der Waals surface area (Å²) in [6.45, 7) is 6.58. The van der Waals surface area contributed by atoms with Crippen molar-refractivity contribution in [1.82, 2.24) is 10.2 Å². The minimum Gasteiger partial charge on any atom is -0.456 e. The van der Waals surface area contributed by atoms with Crippen LogP contribution in [0.25, 0.3) is 11.1 Å². The summed E-state index contributed by atoms with van der Waals surface area (Å²) in [7, 11) is -4.40. The molecule has 0 aliphatic carbocycles. The standard InChI is InChI=1S/C30H41ClFN2O7P/c1-4-6-15-34(16-7-5-2)29(36)20-41-30(37)19-27(33-28(35)14-17-42(38,39)40)21(3)22-8-10-23(11-9-22)25-18-24(31)12-13-26(25)32/h8-13,18,21,27H,4-7,14-17,19-20H2,1-3H3,(H,33,35)(H2,38,39,40). The molecule has 0 saturated carbocycles. The van der Waals surface area contributed by atoms with E-state index in [1.165, 1.54) is 18.2 Å². The van der Waals surface area contributed by atoms with Crippen molar-refractivity contribution in [2.75, 3.05) is 25.9 Å². The number of halogens is 2. The maximum atomic E-state index is 14.3. The lowest BCUT2D eigenvalue weighted by molar-refractivity contribution is -0.152. The lowest BCUT2D eigenvalue weighted by atomic mass is 9.89. The third kappa shape index (κ3) is 12.2. The molecule has 232 valence electrons. The predicted octanol–water partition coefficient (Wildman–Crippen LogP) is 5.66. The van der Waals surface area contributed by atoms with Gasteiger partial charge in [0.25, 0.3) is 5.91 Å². The number of ether oxygens (including phenoxy) is 1. The highest BCUT2D eigenvalue weighted by Crippen LogP contribution is 2.35. The first kappa shape index (κ1) is 35.4. The lowest BCUT2D eigenvalue weighted by Crippen LogP contribution is -2.41. The van der Waals surface area contributed by atoms with E-state index in [0.717, 1.165) is 31.2 Å². The average molecular weight is 627 g/mol. The second-order valence-electron chi connectivity index (χ2n) is 10.3. The van der Waals surface area contributed by atoms with Crippen molar-refractivity contribution in [2.45, 2.75) is 71.3 Å². The molecule has 0 radical (unpaired) electrons. The van der Waals surface area contributed by atoms with Crippen LogP contribution in [0.2, 0.25) is 5.02 Å². The molecule has 0 fully saturated rings. The maximum Gasteiger partial charge on any atom is 0.326 e. The Labute approximate surface area is 251 Å². The molecule has 3 N–H and O–H groups in total. The number of carbonyl (C=O) groups excluding carboxylic acids is 3. The number of nitrogens with one attached hydrogen (secondary N) is 1. The Morgan fingerprint density at radius 2 is 1.67 bits per heavy atom. The second-order valence-corrected chi connectivity index (χ2v) is 12.5. The van der Waals surface area contributed by atoms with Gasteiger partial charge < -0.3 is 24.7 Å². The summed E-state index contributed by atoms with van der Waals surface area (Å²) in [5.74, 6) is -2.50. The topological polar surface area (TPSA) is 133 Å². The van der Waals surface area contributed by atoms with E-state index in [0.29, 0.717) is 29.2 Å². The number of hydrogen-bond acceptors (Lipinski definition) is 5. The highest BCUT2D eigenvalue weighted by molar-refractivity contribution is 7.51. The molecule has 0 heterocycles. The van der Waals surface area contributed by atoms with Crippen molar-refractivity contribution >= 4 is 37.0 Å². The molecule has 2 rings (SSSR count). The Balaban J connectivity index is 2.16. The van der Waals surface area contributed by atoms with Crippen LogP contribution in [0, 0.1) is 5.82 Å². The van der Waals surface area contributed by atoms with E-state index in [9.17, 15) is 23.3 Å². The minimum atomic E-state index is -4.40. The van der Waals surface area contributed by atoms with Gasteiger partial charge in [0.2, 0.25) is 5.91 Å². The zero-order chi connectivity index (χ0) is 31.3. The van der Waals surface area contributed by atoms with Gasteiger partial charge >= 0.3 is 13.6 Å². The van der Waals surface area contributed by atoms with Crippen LogP contribution in [0.3, 0.4) is 0 Å². The number of unbranched alkanes of at least 4 members (excludes halogenated alkanes) is 2. The summed E-state index contributed by atoms with van der Waals surface area (Å²) in [6, 6.07) is 10.3. The summed E-state index contributed by atoms with van der Waals surface area (Å²) in [5, 5.41) is 3.08. The van der Waals surface area contributed by atoms with Gasteiger partial charge in [0.1, 0.15) is 5.82 Å². The summed E-state index contributed by atoms with van der Waals surface area (Å²) in [6.07, 6.45) is 2.18. The van der Waals surface area contributed by atoms with Crippen molar-refractivity contribution in [3.63, 3.8) is 0 Å². The number of esters is 1. The Hall–Kier alpha value is -2.78. The molecule has 9 nitrogen and oxygen atoms in total. The van der Waals surface area contributed by atoms with Crippen LogP contribution < -0.4 is 5.32 Å². The highest BCUT2D eigenvalue weighted by Gasteiger charge is 2.27. The molecule has 0 saturated heterocycles. The van der Waals surface area contributed by atoms with Gasteiger partial charge in [-0.25, -0.2) is 4.39 Å². The Morgan fingerprint density at radius 3 is 2.24 bits per heavy atom. The average Bonchev–Trinajstić information content (AvgIpc) is 2.95. The molecule has 0 bridgehead atoms. The van der Waals surface area contributed by atoms with E-state index in [-0.39, 0.29) is 12.3 Å². The van der Waals surface area contributed by atoms with Gasteiger partial charge in [-0.3, -0.25) is 18.9 Å². The van der Waals surface area contributed by atoms with Crippen LogP contribution in [-0.4, -0.2) is 64.4 Å². The first-order chi connectivity index (χ1) is 19.8. The van der Waals surface area contributed by atoms with E-state index < -0.39 is 56.4 Å². The highest BCUT2D eigenvalue weighted by atomic mass is 35.5. The number of carbonyl (C=O) groups is 3. The van der Waals surface area contributed by atoms with E-state index >= 15 is 0 Å². The first-order valence-electron chi connectivity index (χ1n) is 14.2. The van der Waals surface area contributed by atoms with Gasteiger partial charge in [-0.1, -0.05) is 69.5 Å². The normalized spacial score (nSPS) is 12.8. The SMILES string of the molecule is CCCCN(CCCC)C(=O)COC(=O)CC(NC(=O)CCP(=O)(O)O)C(C)c1ccc(-c2cc(Cl)ccc2F)cc1. The first-order valence-corrected chi connectivity index (χ1v) is 16.3. The van der Waals surface area contributed by atoms with Crippen LogP contribution in [-0.2, 0) is 23.7 Å².